The molecule has 0 unspecified atom stereocenters. The average Bonchev–Trinajstić information content (AvgIpc) is 3.12. The molecule has 158 valence electrons. The van der Waals surface area contributed by atoms with Crippen molar-refractivity contribution >= 4 is 23.7 Å². The van der Waals surface area contributed by atoms with Gasteiger partial charge in [0.05, 0.1) is 27.1 Å². The number of ether oxygens (including phenoxy) is 3. The number of methoxy groups -OCH3 is 3. The maximum absolute atomic E-state index is 11.9. The lowest BCUT2D eigenvalue weighted by Crippen LogP contribution is -2.48. The van der Waals surface area contributed by atoms with Crippen molar-refractivity contribution in [2.75, 3.05) is 27.1 Å². The molecule has 2 aromatic rings. The van der Waals surface area contributed by atoms with E-state index >= 15 is 0 Å². The van der Waals surface area contributed by atoms with Gasteiger partial charge in [-0.25, -0.2) is 4.79 Å². The Kier molecular flexibility index (Phi) is 7.32. The summed E-state index contributed by atoms with van der Waals surface area (Å²) in [7, 11) is 4.52. The van der Waals surface area contributed by atoms with Gasteiger partial charge >= 0.3 is 6.03 Å². The topological polar surface area (TPSA) is 125 Å². The van der Waals surface area contributed by atoms with Crippen LogP contribution < -0.4 is 24.8 Å². The highest BCUT2D eigenvalue weighted by Gasteiger charge is 2.19. The number of nitrogens with zero attached hydrogens (tertiary/aromatic N) is 2. The number of carbonyl (C=O) groups excluding carboxylic acids is 2. The van der Waals surface area contributed by atoms with Gasteiger partial charge in [0, 0.05) is 11.1 Å². The van der Waals surface area contributed by atoms with E-state index in [0.717, 1.165) is 11.8 Å². The molecule has 3 amide bonds. The molecule has 0 fully saturated rings. The lowest BCUT2D eigenvalue weighted by molar-refractivity contribution is -0.117. The molecule has 2 rings (SSSR count). The zero-order valence-corrected chi connectivity index (χ0v) is 17.9. The SMILES string of the molecule is COc1cc(-c2nnc(SCC(=O)NC(=O)NC(C)(C)C)o2)cc(OC)c1OC. The van der Waals surface area contributed by atoms with Crippen molar-refractivity contribution in [1.29, 1.82) is 0 Å². The monoisotopic (exact) mass is 424 g/mol. The number of thioether (sulfide) groups is 1. The molecule has 0 atom stereocenters. The molecule has 0 aliphatic carbocycles. The van der Waals surface area contributed by atoms with Gasteiger partial charge in [-0.05, 0) is 32.9 Å². The van der Waals surface area contributed by atoms with Gasteiger partial charge < -0.3 is 23.9 Å². The average molecular weight is 424 g/mol. The summed E-state index contributed by atoms with van der Waals surface area (Å²) in [6.07, 6.45) is 0. The molecule has 1 aromatic heterocycles. The van der Waals surface area contributed by atoms with Crippen LogP contribution in [-0.4, -0.2) is 54.8 Å². The number of imide groups is 1. The Labute approximate surface area is 172 Å². The molecule has 1 aromatic carbocycles. The van der Waals surface area contributed by atoms with Crippen LogP contribution in [0.15, 0.2) is 21.8 Å². The van der Waals surface area contributed by atoms with E-state index in [1.54, 1.807) is 12.1 Å². The second kappa shape index (κ2) is 9.50. The van der Waals surface area contributed by atoms with E-state index in [1.807, 2.05) is 20.8 Å². The summed E-state index contributed by atoms with van der Waals surface area (Å²) >= 11 is 1.01. The van der Waals surface area contributed by atoms with Crippen LogP contribution in [0.5, 0.6) is 17.2 Å². The van der Waals surface area contributed by atoms with E-state index in [4.69, 9.17) is 18.6 Å². The third-order valence-corrected chi connectivity index (χ3v) is 4.20. The van der Waals surface area contributed by atoms with Crippen LogP contribution in [0.25, 0.3) is 11.5 Å². The van der Waals surface area contributed by atoms with Crippen molar-refractivity contribution in [1.82, 2.24) is 20.8 Å². The normalized spacial score (nSPS) is 11.0. The number of hydrogen-bond donors (Lipinski definition) is 2. The quantitative estimate of drug-likeness (QED) is 0.645. The molecule has 1 heterocycles. The number of benzene rings is 1. The minimum Gasteiger partial charge on any atom is -0.493 e. The number of urea groups is 1. The zero-order valence-electron chi connectivity index (χ0n) is 17.1. The van der Waals surface area contributed by atoms with Gasteiger partial charge in [0.15, 0.2) is 11.5 Å². The Morgan fingerprint density at radius 1 is 1.07 bits per heavy atom. The lowest BCUT2D eigenvalue weighted by atomic mass is 10.1. The highest BCUT2D eigenvalue weighted by atomic mass is 32.2. The number of nitrogens with one attached hydrogen (secondary N) is 2. The van der Waals surface area contributed by atoms with Crippen molar-refractivity contribution in [3.63, 3.8) is 0 Å². The molecule has 11 heteroatoms. The van der Waals surface area contributed by atoms with Gasteiger partial charge in [-0.1, -0.05) is 11.8 Å². The van der Waals surface area contributed by atoms with Crippen molar-refractivity contribution in [3.05, 3.63) is 12.1 Å². The van der Waals surface area contributed by atoms with Gasteiger partial charge in [0.2, 0.25) is 17.5 Å². The van der Waals surface area contributed by atoms with E-state index in [-0.39, 0.29) is 16.9 Å². The van der Waals surface area contributed by atoms with Gasteiger partial charge in [0.25, 0.3) is 5.22 Å². The minimum atomic E-state index is -0.563. The zero-order chi connectivity index (χ0) is 21.6. The first-order chi connectivity index (χ1) is 13.7. The summed E-state index contributed by atoms with van der Waals surface area (Å²) in [4.78, 5) is 23.6. The van der Waals surface area contributed by atoms with E-state index in [2.05, 4.69) is 20.8 Å². The fraction of sp³-hybridized carbons (Fsp3) is 0.444. The molecule has 0 aliphatic rings. The Hall–Kier alpha value is -2.95. The standard InChI is InChI=1S/C18H24N4O6S/c1-18(2,3)20-16(24)19-13(23)9-29-17-22-21-15(28-17)10-7-11(25-4)14(27-6)12(8-10)26-5/h7-8H,9H2,1-6H3,(H2,19,20,23,24). The summed E-state index contributed by atoms with van der Waals surface area (Å²) < 4.78 is 21.5. The highest BCUT2D eigenvalue weighted by Crippen LogP contribution is 2.41. The van der Waals surface area contributed by atoms with Crippen molar-refractivity contribution in [2.45, 2.75) is 31.5 Å². The maximum Gasteiger partial charge on any atom is 0.321 e. The van der Waals surface area contributed by atoms with E-state index < -0.39 is 17.5 Å². The smallest absolute Gasteiger partial charge is 0.321 e. The fourth-order valence-electron chi connectivity index (χ4n) is 2.25. The lowest BCUT2D eigenvalue weighted by Gasteiger charge is -2.20. The third kappa shape index (κ3) is 6.28. The van der Waals surface area contributed by atoms with E-state index in [1.165, 1.54) is 21.3 Å². The predicted octanol–water partition coefficient (Wildman–Crippen LogP) is 2.48. The second-order valence-corrected chi connectivity index (χ2v) is 7.75. The molecule has 29 heavy (non-hydrogen) atoms. The summed E-state index contributed by atoms with van der Waals surface area (Å²) in [5.41, 5.74) is 0.118. The Balaban J connectivity index is 2.04. The summed E-state index contributed by atoms with van der Waals surface area (Å²) in [6.45, 7) is 5.44. The Bertz CT molecular complexity index is 852. The van der Waals surface area contributed by atoms with Crippen molar-refractivity contribution in [2.24, 2.45) is 0 Å². The Morgan fingerprint density at radius 2 is 1.69 bits per heavy atom. The van der Waals surface area contributed by atoms with Gasteiger partial charge in [-0.15, -0.1) is 10.2 Å². The number of carbonyl (C=O) groups is 2. The highest BCUT2D eigenvalue weighted by molar-refractivity contribution is 7.99. The van der Waals surface area contributed by atoms with Crippen LogP contribution in [0, 0.1) is 0 Å². The van der Waals surface area contributed by atoms with Gasteiger partial charge in [0.1, 0.15) is 0 Å². The molecular formula is C18H24N4O6S. The summed E-state index contributed by atoms with van der Waals surface area (Å²) in [5, 5.41) is 13.0. The maximum atomic E-state index is 11.9. The first-order valence-electron chi connectivity index (χ1n) is 8.55. The number of hydrogen-bond acceptors (Lipinski definition) is 9. The number of aromatic nitrogens is 2. The van der Waals surface area contributed by atoms with E-state index in [9.17, 15) is 9.59 Å². The van der Waals surface area contributed by atoms with Crippen molar-refractivity contribution in [3.8, 4) is 28.7 Å². The molecule has 10 nitrogen and oxygen atoms in total. The van der Waals surface area contributed by atoms with Crippen LogP contribution >= 0.6 is 11.8 Å². The molecule has 0 saturated carbocycles. The van der Waals surface area contributed by atoms with Gasteiger partial charge in [-0.2, -0.15) is 0 Å². The van der Waals surface area contributed by atoms with Crippen LogP contribution in [-0.2, 0) is 4.79 Å². The minimum absolute atomic E-state index is 0.0611. The first kappa shape index (κ1) is 22.3. The number of rotatable bonds is 7. The van der Waals surface area contributed by atoms with Crippen LogP contribution in [0.4, 0.5) is 4.79 Å². The molecule has 0 saturated heterocycles. The van der Waals surface area contributed by atoms with Crippen molar-refractivity contribution < 1.29 is 28.2 Å². The predicted molar refractivity (Wildman–Crippen MR) is 107 cm³/mol. The van der Waals surface area contributed by atoms with Crippen LogP contribution in [0.2, 0.25) is 0 Å². The Morgan fingerprint density at radius 3 is 2.21 bits per heavy atom. The first-order valence-corrected chi connectivity index (χ1v) is 9.54. The second-order valence-electron chi connectivity index (χ2n) is 6.83. The molecule has 0 radical (unpaired) electrons. The van der Waals surface area contributed by atoms with E-state index in [0.29, 0.717) is 22.8 Å². The van der Waals surface area contributed by atoms with Crippen LogP contribution in [0.1, 0.15) is 20.8 Å². The largest absolute Gasteiger partial charge is 0.493 e. The summed E-state index contributed by atoms with van der Waals surface area (Å²) in [6, 6.07) is 2.78. The molecule has 0 bridgehead atoms. The van der Waals surface area contributed by atoms with Crippen LogP contribution in [0.3, 0.4) is 0 Å². The fourth-order valence-corrected chi connectivity index (χ4v) is 2.81. The number of amides is 3. The van der Waals surface area contributed by atoms with Gasteiger partial charge in [-0.3, -0.25) is 10.1 Å². The molecular weight excluding hydrogens is 400 g/mol. The molecule has 0 aliphatic heterocycles. The third-order valence-electron chi connectivity index (χ3n) is 3.39. The molecule has 0 spiro atoms. The summed E-state index contributed by atoms with van der Waals surface area (Å²) in [5.74, 6) is 1.01. The molecule has 2 N–H and O–H groups in total.